The highest BCUT2D eigenvalue weighted by atomic mass is 16.6. The van der Waals surface area contributed by atoms with Crippen molar-refractivity contribution in [2.45, 2.75) is 112 Å². The Labute approximate surface area is 240 Å². The summed E-state index contributed by atoms with van der Waals surface area (Å²) in [5.74, 6) is -0.364. The molecule has 1 aromatic rings. The van der Waals surface area contributed by atoms with E-state index in [9.17, 15) is 14.4 Å². The van der Waals surface area contributed by atoms with Gasteiger partial charge in [0.2, 0.25) is 5.91 Å². The smallest absolute Gasteiger partial charge is 0.410 e. The summed E-state index contributed by atoms with van der Waals surface area (Å²) in [6.45, 7) is 25.2. The molecule has 1 rings (SSSR count). The second kappa shape index (κ2) is 18.3. The van der Waals surface area contributed by atoms with Gasteiger partial charge in [-0.15, -0.1) is 13.2 Å². The van der Waals surface area contributed by atoms with E-state index in [2.05, 4.69) is 37.6 Å². The van der Waals surface area contributed by atoms with Crippen LogP contribution in [0, 0.1) is 5.41 Å². The monoisotopic (exact) mass is 553 g/mol. The van der Waals surface area contributed by atoms with Crippen LogP contribution in [-0.2, 0) is 20.9 Å². The fourth-order valence-electron chi connectivity index (χ4n) is 2.98. The van der Waals surface area contributed by atoms with E-state index in [1.165, 1.54) is 31.2 Å². The molecule has 0 fully saturated rings. The number of nitrogens with zero attached hydrogens (tertiary/aromatic N) is 1. The van der Waals surface area contributed by atoms with Crippen molar-refractivity contribution in [1.29, 1.82) is 0 Å². The number of rotatable bonds is 9. The van der Waals surface area contributed by atoms with Gasteiger partial charge in [-0.25, -0.2) is 9.59 Å². The molecule has 0 saturated heterocycles. The number of alkyl carbamates (subject to hydrolysis) is 1. The topological polar surface area (TPSA) is 97.0 Å². The fourth-order valence-corrected chi connectivity index (χ4v) is 2.98. The fraction of sp³-hybridized carbons (Fsp3) is 0.645. The first-order valence-electron chi connectivity index (χ1n) is 13.7. The van der Waals surface area contributed by atoms with Gasteiger partial charge >= 0.3 is 12.2 Å². The maximum absolute atomic E-state index is 12.9. The first kappa shape index (κ1) is 38.1. The lowest BCUT2D eigenvalue weighted by atomic mass is 9.86. The summed E-state index contributed by atoms with van der Waals surface area (Å²) in [5, 5.41) is 5.68. The third kappa shape index (κ3) is 16.5. The minimum absolute atomic E-state index is 0. The van der Waals surface area contributed by atoms with Crippen LogP contribution < -0.4 is 10.6 Å². The molecule has 0 saturated carbocycles. The third-order valence-corrected chi connectivity index (χ3v) is 5.78. The second-order valence-electron chi connectivity index (χ2n) is 11.8. The number of amides is 3. The van der Waals surface area contributed by atoms with Crippen LogP contribution in [0.15, 0.2) is 43.5 Å². The van der Waals surface area contributed by atoms with Crippen LogP contribution in [0.1, 0.15) is 96.9 Å². The van der Waals surface area contributed by atoms with E-state index in [-0.39, 0.29) is 33.4 Å². The molecule has 8 heteroatoms. The zero-order valence-corrected chi connectivity index (χ0v) is 26.4. The molecule has 0 bridgehead atoms. The molecule has 0 radical (unpaired) electrons. The number of carbonyl (C=O) groups excluding carboxylic acids is 3. The quantitative estimate of drug-likeness (QED) is 0.307. The lowest BCUT2D eigenvalue weighted by Crippen LogP contribution is -2.58. The number of carbonyl (C=O) groups is 3. The Morgan fingerprint density at radius 2 is 1.46 bits per heavy atom. The number of unbranched alkanes of at least 4 members (excludes halogenated alkanes) is 2. The summed E-state index contributed by atoms with van der Waals surface area (Å²) < 4.78 is 10.7. The van der Waals surface area contributed by atoms with Crippen molar-refractivity contribution < 1.29 is 26.7 Å². The first-order valence-corrected chi connectivity index (χ1v) is 13.7. The summed E-state index contributed by atoms with van der Waals surface area (Å²) in [4.78, 5) is 38.9. The summed E-state index contributed by atoms with van der Waals surface area (Å²) in [5.41, 5.74) is -1.27. The van der Waals surface area contributed by atoms with Crippen molar-refractivity contribution in [2.24, 2.45) is 5.41 Å². The van der Waals surface area contributed by atoms with Crippen molar-refractivity contribution in [3.8, 4) is 0 Å². The lowest BCUT2D eigenvalue weighted by molar-refractivity contribution is -0.130. The molecule has 1 atom stereocenters. The van der Waals surface area contributed by atoms with E-state index >= 15 is 0 Å². The number of benzene rings is 1. The molecular weight excluding hydrogens is 494 g/mol. The van der Waals surface area contributed by atoms with Crippen LogP contribution >= 0.6 is 0 Å². The Hall–Kier alpha value is -3.03. The lowest BCUT2D eigenvalue weighted by Gasteiger charge is -2.36. The minimum Gasteiger partial charge on any atom is -0.445 e. The molecule has 0 aliphatic heterocycles. The SMILES string of the molecule is C=C.CCCCC.CN(C(=O)OCc1ccccc1)C(C)(C)C(=O)NC[C@@H](NC(=O)OC(C)(C)C)C(C)(C)C.[HH].[HH]. The molecule has 0 unspecified atom stereocenters. The van der Waals surface area contributed by atoms with Crippen LogP contribution in [0.5, 0.6) is 0 Å². The molecule has 2 N–H and O–H groups in total. The van der Waals surface area contributed by atoms with Crippen molar-refractivity contribution in [3.63, 3.8) is 0 Å². The van der Waals surface area contributed by atoms with Crippen molar-refractivity contribution in [2.75, 3.05) is 13.6 Å². The summed E-state index contributed by atoms with van der Waals surface area (Å²) >= 11 is 0. The third-order valence-electron chi connectivity index (χ3n) is 5.78. The number of ether oxygens (including phenoxy) is 2. The van der Waals surface area contributed by atoms with Crippen LogP contribution in [-0.4, -0.2) is 53.8 Å². The van der Waals surface area contributed by atoms with Crippen LogP contribution in [0.3, 0.4) is 0 Å². The molecule has 8 nitrogen and oxygen atoms in total. The van der Waals surface area contributed by atoms with Crippen molar-refractivity contribution >= 4 is 18.1 Å². The minimum atomic E-state index is -1.16. The van der Waals surface area contributed by atoms with Crippen LogP contribution in [0.2, 0.25) is 0 Å². The van der Waals surface area contributed by atoms with E-state index in [0.717, 1.165) is 5.56 Å². The highest BCUT2D eigenvalue weighted by molar-refractivity contribution is 5.89. The number of nitrogens with one attached hydrogen (secondary N) is 2. The van der Waals surface area contributed by atoms with Gasteiger partial charge in [0.1, 0.15) is 17.7 Å². The average Bonchev–Trinajstić information content (AvgIpc) is 2.85. The molecule has 3 amide bonds. The Kier molecular flexibility index (Phi) is 17.9. The molecule has 0 heterocycles. The predicted molar refractivity (Wildman–Crippen MR) is 165 cm³/mol. The van der Waals surface area contributed by atoms with Gasteiger partial charge in [0.25, 0.3) is 0 Å². The molecule has 39 heavy (non-hydrogen) atoms. The molecule has 0 aliphatic carbocycles. The summed E-state index contributed by atoms with van der Waals surface area (Å²) in [6, 6.07) is 8.94. The Bertz CT molecular complexity index is 852. The molecule has 0 aliphatic rings. The number of likely N-dealkylation sites (N-methyl/N-ethyl adjacent to an activating group) is 1. The van der Waals surface area contributed by atoms with Gasteiger partial charge in [0, 0.05) is 16.4 Å². The van der Waals surface area contributed by atoms with Gasteiger partial charge in [-0.05, 0) is 45.6 Å². The largest absolute Gasteiger partial charge is 0.445 e. The molecule has 228 valence electrons. The van der Waals surface area contributed by atoms with Gasteiger partial charge < -0.3 is 20.1 Å². The van der Waals surface area contributed by atoms with E-state index in [1.807, 2.05) is 51.1 Å². The van der Waals surface area contributed by atoms with E-state index in [0.29, 0.717) is 0 Å². The molecular formula is C31H59N3O5. The van der Waals surface area contributed by atoms with E-state index in [1.54, 1.807) is 34.6 Å². The van der Waals surface area contributed by atoms with E-state index < -0.39 is 23.3 Å². The Morgan fingerprint density at radius 3 is 1.87 bits per heavy atom. The molecule has 0 spiro atoms. The Morgan fingerprint density at radius 1 is 0.949 bits per heavy atom. The highest BCUT2D eigenvalue weighted by Gasteiger charge is 2.37. The maximum Gasteiger partial charge on any atom is 0.410 e. The van der Waals surface area contributed by atoms with Gasteiger partial charge in [0.05, 0.1) is 6.04 Å². The zero-order chi connectivity index (χ0) is 30.9. The zero-order valence-electron chi connectivity index (χ0n) is 26.4. The van der Waals surface area contributed by atoms with Crippen LogP contribution in [0.4, 0.5) is 9.59 Å². The van der Waals surface area contributed by atoms with Gasteiger partial charge in [-0.3, -0.25) is 9.69 Å². The normalized spacial score (nSPS) is 11.9. The standard InChI is InChI=1S/C24H39N3O5.C5H12.C2H4.2H2/c1-22(2,3)18(26-20(29)32-23(4,5)6)15-25-19(28)24(7,8)27(9)21(30)31-16-17-13-11-10-12-14-17;1-3-5-4-2;1-2;;/h10-14,18H,15-16H2,1-9H3,(H,25,28)(H,26,29);3-5H2,1-2H3;1-2H2;2*1H/t18-;;;;/m1..../s1. The predicted octanol–water partition coefficient (Wildman–Crippen LogP) is 7.58. The van der Waals surface area contributed by atoms with Crippen molar-refractivity contribution in [1.82, 2.24) is 15.5 Å². The number of hydrogen-bond acceptors (Lipinski definition) is 5. The van der Waals surface area contributed by atoms with Gasteiger partial charge in [-0.2, -0.15) is 0 Å². The Balaban J connectivity index is -0.000000683. The van der Waals surface area contributed by atoms with Crippen LogP contribution in [0.25, 0.3) is 0 Å². The van der Waals surface area contributed by atoms with Crippen molar-refractivity contribution in [3.05, 3.63) is 49.1 Å². The highest BCUT2D eigenvalue weighted by Crippen LogP contribution is 2.21. The molecule has 1 aromatic carbocycles. The first-order chi connectivity index (χ1) is 18.0. The average molecular weight is 554 g/mol. The summed E-state index contributed by atoms with van der Waals surface area (Å²) in [6.07, 6.45) is 2.92. The van der Waals surface area contributed by atoms with Gasteiger partial charge in [0.15, 0.2) is 0 Å². The molecule has 0 aromatic heterocycles. The van der Waals surface area contributed by atoms with E-state index in [4.69, 9.17) is 9.47 Å². The maximum atomic E-state index is 12.9. The number of hydrogen-bond donors (Lipinski definition) is 2. The van der Waals surface area contributed by atoms with Gasteiger partial charge in [-0.1, -0.05) is 84.2 Å². The second-order valence-corrected chi connectivity index (χ2v) is 11.8. The summed E-state index contributed by atoms with van der Waals surface area (Å²) in [7, 11) is 1.52.